The molecule has 4 rings (SSSR count). The monoisotopic (exact) mass is 451 g/mol. The van der Waals surface area contributed by atoms with E-state index in [2.05, 4.69) is 46.9 Å². The summed E-state index contributed by atoms with van der Waals surface area (Å²) in [5.41, 5.74) is 2.52. The van der Waals surface area contributed by atoms with Crippen LogP contribution in [0.1, 0.15) is 24.5 Å². The molecule has 0 saturated carbocycles. The van der Waals surface area contributed by atoms with Gasteiger partial charge < -0.3 is 17.3 Å². The average molecular weight is 452 g/mol. The van der Waals surface area contributed by atoms with Gasteiger partial charge in [0.1, 0.15) is 20.8 Å². The Morgan fingerprint density at radius 3 is 2.64 bits per heavy atom. The van der Waals surface area contributed by atoms with Gasteiger partial charge in [0.25, 0.3) is 10.6 Å². The van der Waals surface area contributed by atoms with Crippen molar-refractivity contribution in [2.24, 2.45) is 0 Å². The lowest BCUT2D eigenvalue weighted by molar-refractivity contribution is -0.696. The Morgan fingerprint density at radius 2 is 1.96 bits per heavy atom. The van der Waals surface area contributed by atoms with Crippen molar-refractivity contribution in [2.75, 3.05) is 11.9 Å². The van der Waals surface area contributed by atoms with Crippen molar-refractivity contribution in [3.63, 3.8) is 0 Å². The zero-order valence-electron chi connectivity index (χ0n) is 16.2. The number of hydrogen-bond acceptors (Lipinski definition) is 5. The minimum atomic E-state index is 0. The van der Waals surface area contributed by atoms with Crippen LogP contribution in [-0.2, 0) is 13.1 Å². The molecule has 3 aromatic rings. The summed E-state index contributed by atoms with van der Waals surface area (Å²) < 4.78 is 6.01. The normalized spacial score (nSPS) is 15.7. The minimum Gasteiger partial charge on any atom is -1.00 e. The lowest BCUT2D eigenvalue weighted by Crippen LogP contribution is -3.00. The van der Waals surface area contributed by atoms with Gasteiger partial charge in [-0.2, -0.15) is 4.57 Å². The van der Waals surface area contributed by atoms with Crippen molar-refractivity contribution >= 4 is 51.2 Å². The van der Waals surface area contributed by atoms with Gasteiger partial charge >= 0.3 is 0 Å². The maximum Gasteiger partial charge on any atom is 0.271 e. The summed E-state index contributed by atoms with van der Waals surface area (Å²) in [6, 6.07) is 8.30. The number of hydrogen-bond donors (Lipinski definition) is 0. The number of para-hydroxylation sites is 1. The first kappa shape index (κ1) is 21.2. The van der Waals surface area contributed by atoms with E-state index in [1.807, 2.05) is 30.7 Å². The molecule has 0 bridgehead atoms. The number of rotatable bonds is 3. The molecule has 0 amide bonds. The van der Waals surface area contributed by atoms with Crippen molar-refractivity contribution < 1.29 is 17.0 Å². The Balaban J connectivity index is 0.00000225. The molecule has 148 valence electrons. The second kappa shape index (κ2) is 8.45. The second-order valence-corrected chi connectivity index (χ2v) is 9.31. The van der Waals surface area contributed by atoms with E-state index in [1.165, 1.54) is 15.6 Å². The molecule has 1 aromatic carbocycles. The molecular weight excluding hydrogens is 430 g/mol. The molecule has 0 atom stereocenters. The second-order valence-electron chi connectivity index (χ2n) is 6.36. The van der Waals surface area contributed by atoms with Crippen molar-refractivity contribution in [3.05, 3.63) is 59.9 Å². The SMILES string of the molecule is CCn1c(=O)c(=C2Sc3ccccc3N2C)s/c1=C\c1scc(C)[n+]1CC.[Cl-]. The molecule has 0 spiro atoms. The number of fused-ring (bicyclic) bond motifs is 1. The Hall–Kier alpha value is -1.54. The standard InChI is InChI=1S/C20H22N3OS3.ClH/c1-5-22-13(3)12-25-16(22)11-17-23(6-2)19(24)18(27-17)20-21(4)14-9-7-8-10-15(14)26-20;/h7-12H,5-6H2,1-4H3;1H/q+1;/p-1. The molecular formula is C20H22ClN3OS3. The number of anilines is 1. The number of thioether (sulfide) groups is 1. The maximum absolute atomic E-state index is 13.1. The van der Waals surface area contributed by atoms with Crippen LogP contribution < -0.4 is 36.6 Å². The predicted molar refractivity (Wildman–Crippen MR) is 116 cm³/mol. The fourth-order valence-corrected chi connectivity index (χ4v) is 6.87. The Labute approximate surface area is 182 Å². The number of aryl methyl sites for hydroxylation is 1. The largest absolute Gasteiger partial charge is 1.00 e. The van der Waals surface area contributed by atoms with Gasteiger partial charge in [-0.15, -0.1) is 11.3 Å². The van der Waals surface area contributed by atoms with Gasteiger partial charge in [-0.05, 0) is 26.0 Å². The summed E-state index contributed by atoms with van der Waals surface area (Å²) in [5.74, 6) is 0. The highest BCUT2D eigenvalue weighted by Gasteiger charge is 2.24. The van der Waals surface area contributed by atoms with E-state index < -0.39 is 0 Å². The number of aromatic nitrogens is 2. The predicted octanol–water partition coefficient (Wildman–Crippen LogP) is -0.252. The van der Waals surface area contributed by atoms with Crippen LogP contribution in [0.25, 0.3) is 11.1 Å². The fourth-order valence-electron chi connectivity index (χ4n) is 3.34. The Morgan fingerprint density at radius 1 is 1.21 bits per heavy atom. The Bertz CT molecular complexity index is 1190. The van der Waals surface area contributed by atoms with Crippen molar-refractivity contribution in [2.45, 2.75) is 38.8 Å². The molecule has 0 radical (unpaired) electrons. The summed E-state index contributed by atoms with van der Waals surface area (Å²) in [5, 5.41) is 4.38. The highest BCUT2D eigenvalue weighted by molar-refractivity contribution is 8.08. The van der Waals surface area contributed by atoms with E-state index in [9.17, 15) is 4.79 Å². The topological polar surface area (TPSA) is 29.1 Å². The first-order valence-electron chi connectivity index (χ1n) is 8.99. The van der Waals surface area contributed by atoms with Crippen molar-refractivity contribution in [3.8, 4) is 0 Å². The van der Waals surface area contributed by atoms with Crippen LogP contribution >= 0.6 is 34.4 Å². The highest BCUT2D eigenvalue weighted by Crippen LogP contribution is 2.44. The van der Waals surface area contributed by atoms with Gasteiger partial charge in [0.2, 0.25) is 0 Å². The lowest BCUT2D eigenvalue weighted by atomic mass is 10.3. The van der Waals surface area contributed by atoms with Crippen LogP contribution in [0.5, 0.6) is 0 Å². The van der Waals surface area contributed by atoms with E-state index in [1.54, 1.807) is 34.4 Å². The molecule has 3 heterocycles. The summed E-state index contributed by atoms with van der Waals surface area (Å²) in [6.45, 7) is 7.92. The molecule has 0 unspecified atom stereocenters. The molecule has 28 heavy (non-hydrogen) atoms. The van der Waals surface area contributed by atoms with E-state index in [0.717, 1.165) is 26.5 Å². The zero-order chi connectivity index (χ0) is 19.1. The van der Waals surface area contributed by atoms with Gasteiger partial charge in [0, 0.05) is 25.4 Å². The lowest BCUT2D eigenvalue weighted by Gasteiger charge is -2.11. The smallest absolute Gasteiger partial charge is 0.271 e. The Kier molecular flexibility index (Phi) is 6.39. The summed E-state index contributed by atoms with van der Waals surface area (Å²) in [6.07, 6.45) is 2.16. The van der Waals surface area contributed by atoms with Crippen molar-refractivity contribution in [1.29, 1.82) is 0 Å². The molecule has 8 heteroatoms. The van der Waals surface area contributed by atoms with Crippen LogP contribution in [0.4, 0.5) is 5.69 Å². The number of halogens is 1. The maximum atomic E-state index is 13.1. The summed E-state index contributed by atoms with van der Waals surface area (Å²) in [4.78, 5) is 16.5. The first-order chi connectivity index (χ1) is 13.0. The van der Waals surface area contributed by atoms with Crippen LogP contribution in [0, 0.1) is 6.92 Å². The van der Waals surface area contributed by atoms with E-state index >= 15 is 0 Å². The van der Waals surface area contributed by atoms with Crippen LogP contribution in [-0.4, -0.2) is 11.6 Å². The summed E-state index contributed by atoms with van der Waals surface area (Å²) >= 11 is 5.01. The molecule has 4 nitrogen and oxygen atoms in total. The third-order valence-electron chi connectivity index (χ3n) is 4.77. The number of nitrogens with zero attached hydrogens (tertiary/aromatic N) is 3. The van der Waals surface area contributed by atoms with E-state index in [4.69, 9.17) is 0 Å². The molecule has 1 aliphatic heterocycles. The average Bonchev–Trinajstić information content (AvgIpc) is 3.29. The van der Waals surface area contributed by atoms with E-state index in [0.29, 0.717) is 6.54 Å². The van der Waals surface area contributed by atoms with Gasteiger partial charge in [-0.1, -0.05) is 35.2 Å². The zero-order valence-corrected chi connectivity index (χ0v) is 19.4. The minimum absolute atomic E-state index is 0. The molecule has 0 N–H and O–H groups in total. The number of thiazole rings is 2. The van der Waals surface area contributed by atoms with Gasteiger partial charge in [0.05, 0.1) is 17.1 Å². The van der Waals surface area contributed by atoms with E-state index in [-0.39, 0.29) is 18.0 Å². The molecule has 0 saturated heterocycles. The van der Waals surface area contributed by atoms with Gasteiger partial charge in [-0.3, -0.25) is 9.36 Å². The number of benzene rings is 1. The van der Waals surface area contributed by atoms with Gasteiger partial charge in [0.15, 0.2) is 5.69 Å². The first-order valence-corrected chi connectivity index (χ1v) is 11.5. The quantitative estimate of drug-likeness (QED) is 0.514. The third-order valence-corrected chi connectivity index (χ3v) is 8.29. The van der Waals surface area contributed by atoms with Crippen LogP contribution in [0.3, 0.4) is 0 Å². The molecule has 2 aromatic heterocycles. The molecule has 0 aliphatic carbocycles. The molecule has 0 fully saturated rings. The molecule has 1 aliphatic rings. The fraction of sp³-hybridized carbons (Fsp3) is 0.300. The van der Waals surface area contributed by atoms with Gasteiger partial charge in [-0.25, -0.2) is 0 Å². The third kappa shape index (κ3) is 3.45. The van der Waals surface area contributed by atoms with Crippen LogP contribution in [0.2, 0.25) is 0 Å². The summed E-state index contributed by atoms with van der Waals surface area (Å²) in [7, 11) is 2.04. The van der Waals surface area contributed by atoms with Crippen molar-refractivity contribution in [1.82, 2.24) is 4.57 Å². The highest BCUT2D eigenvalue weighted by atomic mass is 35.5. The van der Waals surface area contributed by atoms with Crippen LogP contribution in [0.15, 0.2) is 39.3 Å².